The lowest BCUT2D eigenvalue weighted by atomic mass is 9.70. The van der Waals surface area contributed by atoms with E-state index in [0.29, 0.717) is 0 Å². The molecule has 0 heterocycles. The molecule has 5 rings (SSSR count). The maximum Gasteiger partial charge on any atom is 0.0685 e. The molecule has 2 aliphatic carbocycles. The second-order valence-electron chi connectivity index (χ2n) is 7.02. The van der Waals surface area contributed by atoms with Gasteiger partial charge in [-0.3, -0.25) is 0 Å². The van der Waals surface area contributed by atoms with E-state index < -0.39 is 0 Å². The van der Waals surface area contributed by atoms with Crippen molar-refractivity contribution in [2.24, 2.45) is 0 Å². The van der Waals surface area contributed by atoms with Gasteiger partial charge in [0.05, 0.1) is 5.41 Å². The van der Waals surface area contributed by atoms with Gasteiger partial charge in [0.2, 0.25) is 0 Å². The zero-order valence-electron chi connectivity index (χ0n) is 14.9. The molecule has 0 unspecified atom stereocenters. The molecule has 1 spiro atoms. The fourth-order valence-corrected chi connectivity index (χ4v) is 4.96. The molecule has 0 saturated carbocycles. The van der Waals surface area contributed by atoms with Crippen molar-refractivity contribution in [3.63, 3.8) is 0 Å². The van der Waals surface area contributed by atoms with Crippen molar-refractivity contribution in [3.8, 4) is 11.1 Å². The lowest BCUT2D eigenvalue weighted by Gasteiger charge is -2.31. The normalized spacial score (nSPS) is 16.0. The molecule has 0 nitrogen and oxygen atoms in total. The van der Waals surface area contributed by atoms with Crippen LogP contribution in [-0.2, 0) is 5.41 Å². The molecule has 3 aromatic carbocycles. The first kappa shape index (κ1) is 15.2. The average Bonchev–Trinajstić information content (AvgIpc) is 3.13. The smallest absolute Gasteiger partial charge is 0.0685 e. The van der Waals surface area contributed by atoms with Gasteiger partial charge in [0, 0.05) is 0 Å². The van der Waals surface area contributed by atoms with Crippen LogP contribution >= 0.6 is 0 Å². The molecule has 0 aromatic heterocycles. The molecule has 0 amide bonds. The number of benzene rings is 3. The van der Waals surface area contributed by atoms with Crippen molar-refractivity contribution in [2.45, 2.75) is 12.3 Å². The number of allylic oxidation sites excluding steroid dienone is 5. The summed E-state index contributed by atoms with van der Waals surface area (Å²) in [5, 5.41) is 0. The van der Waals surface area contributed by atoms with Gasteiger partial charge in [-0.15, -0.1) is 0 Å². The summed E-state index contributed by atoms with van der Waals surface area (Å²) >= 11 is 0. The molecule has 3 aromatic rings. The second kappa shape index (κ2) is 5.44. The first-order valence-corrected chi connectivity index (χ1v) is 9.10. The number of hydrogen-bond donors (Lipinski definition) is 0. The summed E-state index contributed by atoms with van der Waals surface area (Å²) in [6.45, 7) is 6.15. The van der Waals surface area contributed by atoms with Crippen LogP contribution in [-0.4, -0.2) is 0 Å². The van der Waals surface area contributed by atoms with Crippen molar-refractivity contribution in [2.75, 3.05) is 0 Å². The highest BCUT2D eigenvalue weighted by Gasteiger charge is 2.50. The van der Waals surface area contributed by atoms with Gasteiger partial charge in [-0.2, -0.15) is 0 Å². The summed E-state index contributed by atoms with van der Waals surface area (Å²) in [6, 6.07) is 26.6. The highest BCUT2D eigenvalue weighted by Crippen LogP contribution is 2.61. The van der Waals surface area contributed by atoms with Crippen molar-refractivity contribution in [1.82, 2.24) is 0 Å². The molecule has 0 fully saturated rings. The largest absolute Gasteiger partial charge is 0.0991 e. The van der Waals surface area contributed by atoms with Crippen molar-refractivity contribution in [3.05, 3.63) is 125 Å². The van der Waals surface area contributed by atoms with Crippen molar-refractivity contribution < 1.29 is 0 Å². The van der Waals surface area contributed by atoms with Gasteiger partial charge in [-0.05, 0) is 51.5 Å². The Morgan fingerprint density at radius 3 is 1.69 bits per heavy atom. The minimum Gasteiger partial charge on any atom is -0.0991 e. The van der Waals surface area contributed by atoms with Crippen LogP contribution in [0.25, 0.3) is 16.7 Å². The molecule has 0 bridgehead atoms. The Kier molecular flexibility index (Phi) is 3.17. The maximum atomic E-state index is 3.85. The van der Waals surface area contributed by atoms with E-state index >= 15 is 0 Å². The molecule has 26 heavy (non-hydrogen) atoms. The summed E-state index contributed by atoms with van der Waals surface area (Å²) in [4.78, 5) is 0. The highest BCUT2D eigenvalue weighted by atomic mass is 14.5. The van der Waals surface area contributed by atoms with E-state index in [1.807, 2.05) is 12.2 Å². The molecule has 0 saturated heterocycles. The Morgan fingerprint density at radius 1 is 0.692 bits per heavy atom. The minimum atomic E-state index is -0.190. The third kappa shape index (κ3) is 1.69. The maximum absolute atomic E-state index is 3.85. The van der Waals surface area contributed by atoms with Gasteiger partial charge in [0.25, 0.3) is 0 Å². The fraction of sp³-hybridized carbons (Fsp3) is 0.0769. The van der Waals surface area contributed by atoms with E-state index in [1.54, 1.807) is 0 Å². The molecular weight excluding hydrogens is 312 g/mol. The van der Waals surface area contributed by atoms with Crippen molar-refractivity contribution in [1.29, 1.82) is 0 Å². The Bertz CT molecular complexity index is 1060. The van der Waals surface area contributed by atoms with Crippen LogP contribution in [0.1, 0.15) is 29.2 Å². The van der Waals surface area contributed by atoms with Gasteiger partial charge in [0.15, 0.2) is 0 Å². The van der Waals surface area contributed by atoms with Crippen LogP contribution in [0, 0.1) is 0 Å². The molecule has 2 aliphatic rings. The van der Waals surface area contributed by atoms with Crippen LogP contribution in [0.2, 0.25) is 0 Å². The summed E-state index contributed by atoms with van der Waals surface area (Å²) < 4.78 is 0. The highest BCUT2D eigenvalue weighted by molar-refractivity contribution is 5.96. The fourth-order valence-electron chi connectivity index (χ4n) is 4.96. The van der Waals surface area contributed by atoms with Crippen LogP contribution in [0.4, 0.5) is 0 Å². The molecule has 124 valence electrons. The Balaban J connectivity index is 1.97. The molecular formula is C26H20. The van der Waals surface area contributed by atoms with E-state index in [1.165, 1.54) is 44.5 Å². The summed E-state index contributed by atoms with van der Waals surface area (Å²) in [5.74, 6) is 0. The predicted molar refractivity (Wildman–Crippen MR) is 110 cm³/mol. The summed E-state index contributed by atoms with van der Waals surface area (Å²) in [7, 11) is 0. The number of fused-ring (bicyclic) bond motifs is 7. The molecule has 0 atom stereocenters. The lowest BCUT2D eigenvalue weighted by Crippen LogP contribution is -2.26. The van der Waals surface area contributed by atoms with E-state index in [2.05, 4.69) is 92.4 Å². The zero-order valence-corrected chi connectivity index (χ0v) is 14.9. The standard InChI is InChI=1S/C26H20/c1-3-4-11-19-18(2)26(23-15-8-5-12-20(19)23)24-16-9-6-13-21(24)22-14-7-10-17-25(22)26/h3-17H,1H2,2H3/b11-4-. The van der Waals surface area contributed by atoms with Gasteiger partial charge >= 0.3 is 0 Å². The SMILES string of the molecule is C=C/C=C\C1=C(C)C2(c3ccccc31)c1ccccc1-c1ccccc12. The molecule has 0 aliphatic heterocycles. The number of rotatable bonds is 2. The van der Waals surface area contributed by atoms with E-state index in [4.69, 9.17) is 0 Å². The second-order valence-corrected chi connectivity index (χ2v) is 7.02. The first-order valence-electron chi connectivity index (χ1n) is 9.10. The van der Waals surface area contributed by atoms with Crippen LogP contribution in [0.15, 0.2) is 103 Å². The Morgan fingerprint density at radius 2 is 1.15 bits per heavy atom. The van der Waals surface area contributed by atoms with Crippen LogP contribution < -0.4 is 0 Å². The Labute approximate surface area is 154 Å². The number of hydrogen-bond acceptors (Lipinski definition) is 0. The van der Waals surface area contributed by atoms with Crippen LogP contribution in [0.3, 0.4) is 0 Å². The van der Waals surface area contributed by atoms with E-state index in [-0.39, 0.29) is 5.41 Å². The summed E-state index contributed by atoms with van der Waals surface area (Å²) in [5.41, 5.74) is 10.7. The van der Waals surface area contributed by atoms with Crippen molar-refractivity contribution >= 4 is 5.57 Å². The lowest BCUT2D eigenvalue weighted by molar-refractivity contribution is 0.766. The third-order valence-corrected chi connectivity index (χ3v) is 5.94. The monoisotopic (exact) mass is 332 g/mol. The Hall–Kier alpha value is -3.12. The topological polar surface area (TPSA) is 0 Å². The van der Waals surface area contributed by atoms with Gasteiger partial charge in [-0.25, -0.2) is 0 Å². The first-order chi connectivity index (χ1) is 12.8. The van der Waals surface area contributed by atoms with Gasteiger partial charge in [-0.1, -0.05) is 97.6 Å². The van der Waals surface area contributed by atoms with E-state index in [9.17, 15) is 0 Å². The molecule has 0 radical (unpaired) electrons. The minimum absolute atomic E-state index is 0.190. The zero-order chi connectivity index (χ0) is 17.7. The molecule has 0 N–H and O–H groups in total. The van der Waals surface area contributed by atoms with Gasteiger partial charge < -0.3 is 0 Å². The molecule has 0 heteroatoms. The third-order valence-electron chi connectivity index (χ3n) is 5.94. The summed E-state index contributed by atoms with van der Waals surface area (Å²) in [6.07, 6.45) is 6.10. The van der Waals surface area contributed by atoms with Gasteiger partial charge in [0.1, 0.15) is 0 Å². The van der Waals surface area contributed by atoms with Crippen LogP contribution in [0.5, 0.6) is 0 Å². The average molecular weight is 332 g/mol. The van der Waals surface area contributed by atoms with E-state index in [0.717, 1.165) is 0 Å². The predicted octanol–water partition coefficient (Wildman–Crippen LogP) is 6.53. The quantitative estimate of drug-likeness (QED) is 0.468.